The van der Waals surface area contributed by atoms with Gasteiger partial charge in [0.15, 0.2) is 17.4 Å². The summed E-state index contributed by atoms with van der Waals surface area (Å²) in [7, 11) is 0. The first kappa shape index (κ1) is 21.9. The zero-order valence-corrected chi connectivity index (χ0v) is 18.7. The molecule has 6 nitrogen and oxygen atoms in total. The van der Waals surface area contributed by atoms with Gasteiger partial charge < -0.3 is 15.4 Å². The van der Waals surface area contributed by atoms with Gasteiger partial charge in [0.05, 0.1) is 36.7 Å². The molecule has 2 N–H and O–H groups in total. The van der Waals surface area contributed by atoms with Crippen molar-refractivity contribution in [3.05, 3.63) is 59.8 Å². The van der Waals surface area contributed by atoms with Gasteiger partial charge in [0.1, 0.15) is 17.1 Å². The second kappa shape index (κ2) is 8.33. The molecule has 4 rings (SSSR count). The van der Waals surface area contributed by atoms with Crippen molar-refractivity contribution >= 4 is 11.4 Å². The smallest absolute Gasteiger partial charge is 0.179 e. The molecule has 1 aliphatic heterocycles. The van der Waals surface area contributed by atoms with E-state index in [0.717, 1.165) is 12.6 Å². The number of halogens is 2. The highest BCUT2D eigenvalue weighted by Gasteiger charge is 2.36. The minimum absolute atomic E-state index is 0.0427. The molecule has 0 saturated heterocycles. The van der Waals surface area contributed by atoms with Gasteiger partial charge in [-0.3, -0.25) is 4.98 Å². The number of fused-ring (bicyclic) bond motifs is 1. The maximum atomic E-state index is 15.2. The van der Waals surface area contributed by atoms with Crippen LogP contribution in [0.3, 0.4) is 0 Å². The number of rotatable bonds is 5. The van der Waals surface area contributed by atoms with Crippen LogP contribution >= 0.6 is 0 Å². The van der Waals surface area contributed by atoms with E-state index < -0.39 is 17.2 Å². The van der Waals surface area contributed by atoms with Crippen molar-refractivity contribution in [2.24, 2.45) is 0 Å². The van der Waals surface area contributed by atoms with Gasteiger partial charge in [0, 0.05) is 17.3 Å². The summed E-state index contributed by atoms with van der Waals surface area (Å²) >= 11 is 0. The molecule has 3 aromatic rings. The third kappa shape index (κ3) is 4.35. The third-order valence-corrected chi connectivity index (χ3v) is 5.64. The topological polar surface area (TPSA) is 77.2 Å². The lowest BCUT2D eigenvalue weighted by Gasteiger charge is -2.44. The predicted molar refractivity (Wildman–Crippen MR) is 121 cm³/mol. The lowest BCUT2D eigenvalue weighted by Crippen LogP contribution is -2.50. The molecule has 0 spiro atoms. The fourth-order valence-corrected chi connectivity index (χ4v) is 3.84. The lowest BCUT2D eigenvalue weighted by atomic mass is 10.00. The molecule has 1 aromatic carbocycles. The van der Waals surface area contributed by atoms with Crippen LogP contribution in [-0.2, 0) is 6.42 Å². The summed E-state index contributed by atoms with van der Waals surface area (Å²) in [5.41, 5.74) is 7.37. The summed E-state index contributed by atoms with van der Waals surface area (Å²) in [5.74, 6) is -0.595. The van der Waals surface area contributed by atoms with Crippen molar-refractivity contribution in [3.8, 4) is 17.0 Å². The number of hydrogen-bond acceptors (Lipinski definition) is 6. The van der Waals surface area contributed by atoms with Crippen LogP contribution in [-0.4, -0.2) is 33.1 Å². The molecule has 0 aliphatic carbocycles. The minimum atomic E-state index is -0.620. The van der Waals surface area contributed by atoms with E-state index >= 15 is 4.39 Å². The van der Waals surface area contributed by atoms with Gasteiger partial charge in [-0.1, -0.05) is 6.92 Å². The van der Waals surface area contributed by atoms with Crippen LogP contribution in [0.5, 0.6) is 5.75 Å². The maximum absolute atomic E-state index is 15.2. The third-order valence-electron chi connectivity index (χ3n) is 5.64. The van der Waals surface area contributed by atoms with Crippen LogP contribution in [0.1, 0.15) is 45.6 Å². The van der Waals surface area contributed by atoms with Crippen molar-refractivity contribution in [2.75, 3.05) is 17.2 Å². The molecule has 0 bridgehead atoms. The SMILES string of the molecule is CCC(C)N1CC(C)(C)Oc2c(F)cc(-c3nc(Cc4ccc(N)cn4)ncc3F)cc21. The number of pyridine rings is 1. The largest absolute Gasteiger partial charge is 0.481 e. The molecule has 2 aromatic heterocycles. The molecule has 32 heavy (non-hydrogen) atoms. The van der Waals surface area contributed by atoms with Crippen LogP contribution in [0.4, 0.5) is 20.2 Å². The monoisotopic (exact) mass is 439 g/mol. The van der Waals surface area contributed by atoms with E-state index in [1.807, 2.05) is 13.8 Å². The Hall–Kier alpha value is -3.29. The Morgan fingerprint density at radius 2 is 1.94 bits per heavy atom. The highest BCUT2D eigenvalue weighted by atomic mass is 19.1. The van der Waals surface area contributed by atoms with Crippen LogP contribution in [0.2, 0.25) is 0 Å². The summed E-state index contributed by atoms with van der Waals surface area (Å²) in [6.07, 6.45) is 3.83. The predicted octanol–water partition coefficient (Wildman–Crippen LogP) is 4.77. The molecule has 168 valence electrons. The zero-order chi connectivity index (χ0) is 23.0. The van der Waals surface area contributed by atoms with Crippen molar-refractivity contribution in [2.45, 2.75) is 52.2 Å². The molecular formula is C24H27F2N5O. The summed E-state index contributed by atoms with van der Waals surface area (Å²) in [5, 5.41) is 0. The highest BCUT2D eigenvalue weighted by molar-refractivity contribution is 5.72. The number of aromatic nitrogens is 3. The first-order chi connectivity index (χ1) is 15.2. The van der Waals surface area contributed by atoms with Gasteiger partial charge in [0.25, 0.3) is 0 Å². The van der Waals surface area contributed by atoms with E-state index in [1.165, 1.54) is 6.07 Å². The van der Waals surface area contributed by atoms with Crippen LogP contribution in [0.15, 0.2) is 36.7 Å². The molecule has 0 amide bonds. The Kier molecular flexibility index (Phi) is 5.71. The average Bonchev–Trinajstić information content (AvgIpc) is 2.75. The van der Waals surface area contributed by atoms with Crippen molar-refractivity contribution in [3.63, 3.8) is 0 Å². The minimum Gasteiger partial charge on any atom is -0.481 e. The van der Waals surface area contributed by atoms with Gasteiger partial charge in [-0.05, 0) is 51.5 Å². The summed E-state index contributed by atoms with van der Waals surface area (Å²) in [6.45, 7) is 8.62. The first-order valence-electron chi connectivity index (χ1n) is 10.7. The Morgan fingerprint density at radius 3 is 2.62 bits per heavy atom. The molecule has 1 aliphatic rings. The standard InChI is InChI=1S/C24H27F2N5O/c1-5-14(2)31-13-24(3,4)32-23-18(25)8-15(9-20(23)31)22-19(26)12-29-21(30-22)10-17-7-6-16(27)11-28-17/h6-9,11-12,14H,5,10,13,27H2,1-4H3. The fraction of sp³-hybridized carbons (Fsp3) is 0.375. The lowest BCUT2D eigenvalue weighted by molar-refractivity contribution is 0.0960. The quantitative estimate of drug-likeness (QED) is 0.617. The average molecular weight is 440 g/mol. The fourth-order valence-electron chi connectivity index (χ4n) is 3.84. The molecule has 1 unspecified atom stereocenters. The van der Waals surface area contributed by atoms with Crippen LogP contribution in [0, 0.1) is 11.6 Å². The molecule has 0 saturated carbocycles. The number of ether oxygens (including phenoxy) is 1. The molecule has 8 heteroatoms. The second-order valence-electron chi connectivity index (χ2n) is 8.80. The van der Waals surface area contributed by atoms with Crippen molar-refractivity contribution in [1.82, 2.24) is 15.0 Å². The number of nitrogens with two attached hydrogens (primary N) is 1. The Balaban J connectivity index is 1.76. The van der Waals surface area contributed by atoms with E-state index in [2.05, 4.69) is 33.7 Å². The van der Waals surface area contributed by atoms with E-state index in [1.54, 1.807) is 24.4 Å². The number of nitrogen functional groups attached to an aromatic ring is 1. The van der Waals surface area contributed by atoms with Gasteiger partial charge in [-0.25, -0.2) is 18.7 Å². The summed E-state index contributed by atoms with van der Waals surface area (Å²) in [4.78, 5) is 14.8. The number of benzene rings is 1. The van der Waals surface area contributed by atoms with Crippen molar-refractivity contribution < 1.29 is 13.5 Å². The van der Waals surface area contributed by atoms with Gasteiger partial charge in [-0.2, -0.15) is 0 Å². The second-order valence-corrected chi connectivity index (χ2v) is 8.80. The Morgan fingerprint density at radius 1 is 1.16 bits per heavy atom. The zero-order valence-electron chi connectivity index (χ0n) is 18.7. The summed E-state index contributed by atoms with van der Waals surface area (Å²) in [6, 6.07) is 6.68. The molecule has 3 heterocycles. The molecular weight excluding hydrogens is 412 g/mol. The number of nitrogens with zero attached hydrogens (tertiary/aromatic N) is 4. The van der Waals surface area contributed by atoms with E-state index in [4.69, 9.17) is 10.5 Å². The number of anilines is 2. The van der Waals surface area contributed by atoms with Gasteiger partial charge >= 0.3 is 0 Å². The highest BCUT2D eigenvalue weighted by Crippen LogP contribution is 2.43. The van der Waals surface area contributed by atoms with E-state index in [0.29, 0.717) is 41.4 Å². The normalized spacial score (nSPS) is 15.8. The Bertz CT molecular complexity index is 1130. The van der Waals surface area contributed by atoms with Crippen LogP contribution in [0.25, 0.3) is 11.3 Å². The van der Waals surface area contributed by atoms with E-state index in [9.17, 15) is 4.39 Å². The van der Waals surface area contributed by atoms with Crippen molar-refractivity contribution in [1.29, 1.82) is 0 Å². The van der Waals surface area contributed by atoms with Gasteiger partial charge in [0.2, 0.25) is 0 Å². The molecule has 0 fully saturated rings. The molecule has 1 atom stereocenters. The molecule has 0 radical (unpaired) electrons. The Labute approximate surface area is 186 Å². The van der Waals surface area contributed by atoms with Crippen LogP contribution < -0.4 is 15.4 Å². The summed E-state index contributed by atoms with van der Waals surface area (Å²) < 4.78 is 35.9. The van der Waals surface area contributed by atoms with E-state index in [-0.39, 0.29) is 17.5 Å². The number of hydrogen-bond donors (Lipinski definition) is 1. The maximum Gasteiger partial charge on any atom is 0.179 e. The first-order valence-corrected chi connectivity index (χ1v) is 10.7. The van der Waals surface area contributed by atoms with Gasteiger partial charge in [-0.15, -0.1) is 0 Å².